The molecule has 1 aliphatic rings. The molecule has 0 fully saturated rings. The Morgan fingerprint density at radius 3 is 2.40 bits per heavy atom. The first-order valence-electron chi connectivity index (χ1n) is 2.53. The molecule has 0 bridgehead atoms. The van der Waals surface area contributed by atoms with Crippen molar-refractivity contribution >= 4 is 5.97 Å². The molecule has 10 heavy (non-hydrogen) atoms. The van der Waals surface area contributed by atoms with Crippen molar-refractivity contribution in [1.82, 2.24) is 0 Å². The molecular formula is C7H6MoO2. The molecule has 0 spiro atoms. The Kier molecular flexibility index (Phi) is 3.30. The van der Waals surface area contributed by atoms with Crippen molar-refractivity contribution in [3.63, 3.8) is 0 Å². The number of carbonyl (C=O) groups is 1. The Morgan fingerprint density at radius 2 is 2.20 bits per heavy atom. The molecule has 0 saturated carbocycles. The van der Waals surface area contributed by atoms with Crippen LogP contribution in [0.5, 0.6) is 0 Å². The van der Waals surface area contributed by atoms with Gasteiger partial charge < -0.3 is 5.11 Å². The maximum absolute atomic E-state index is 10.2. The monoisotopic (exact) mass is 220 g/mol. The zero-order chi connectivity index (χ0) is 6.85. The third kappa shape index (κ3) is 1.68. The van der Waals surface area contributed by atoms with Crippen LogP contribution in [0.15, 0.2) is 36.0 Å². The van der Waals surface area contributed by atoms with Gasteiger partial charge in [0.05, 0.1) is 5.57 Å². The fraction of sp³-hybridized carbons (Fsp3) is 0. The number of rotatable bonds is 1. The van der Waals surface area contributed by atoms with E-state index in [0.29, 0.717) is 5.57 Å². The van der Waals surface area contributed by atoms with Crippen LogP contribution in [0.2, 0.25) is 0 Å². The van der Waals surface area contributed by atoms with Crippen LogP contribution in [0.4, 0.5) is 0 Å². The molecule has 0 aliphatic heterocycles. The minimum absolute atomic E-state index is 0. The van der Waals surface area contributed by atoms with Crippen LogP contribution in [-0.4, -0.2) is 11.1 Å². The van der Waals surface area contributed by atoms with Crippen molar-refractivity contribution in [3.8, 4) is 0 Å². The summed E-state index contributed by atoms with van der Waals surface area (Å²) in [7, 11) is 0. The molecule has 2 nitrogen and oxygen atoms in total. The number of carboxylic acid groups (broad SMARTS) is 1. The van der Waals surface area contributed by atoms with Crippen LogP contribution >= 0.6 is 0 Å². The van der Waals surface area contributed by atoms with E-state index in [1.807, 2.05) is 0 Å². The molecule has 0 saturated heterocycles. The van der Waals surface area contributed by atoms with E-state index < -0.39 is 5.97 Å². The minimum atomic E-state index is -0.912. The SMILES string of the molecule is C=C1C=CC=C1C(=O)O.[Mo]. The quantitative estimate of drug-likeness (QED) is 0.669. The number of carboxylic acids is 1. The van der Waals surface area contributed by atoms with Gasteiger partial charge in [-0.05, 0) is 11.6 Å². The van der Waals surface area contributed by atoms with Gasteiger partial charge >= 0.3 is 5.97 Å². The van der Waals surface area contributed by atoms with Crippen molar-refractivity contribution in [1.29, 1.82) is 0 Å². The summed E-state index contributed by atoms with van der Waals surface area (Å²) < 4.78 is 0. The molecule has 0 atom stereocenters. The van der Waals surface area contributed by atoms with E-state index in [1.54, 1.807) is 12.2 Å². The van der Waals surface area contributed by atoms with E-state index in [9.17, 15) is 4.79 Å². The Bertz CT molecular complexity index is 226. The molecular weight excluding hydrogens is 212 g/mol. The summed E-state index contributed by atoms with van der Waals surface area (Å²) >= 11 is 0. The first-order chi connectivity index (χ1) is 4.22. The van der Waals surface area contributed by atoms with E-state index in [0.717, 1.165) is 0 Å². The minimum Gasteiger partial charge on any atom is -0.478 e. The van der Waals surface area contributed by atoms with E-state index in [2.05, 4.69) is 6.58 Å². The molecule has 0 amide bonds. The van der Waals surface area contributed by atoms with Crippen LogP contribution in [-0.2, 0) is 25.9 Å². The summed E-state index contributed by atoms with van der Waals surface area (Å²) in [5, 5.41) is 8.41. The Hall–Kier alpha value is -0.622. The standard InChI is InChI=1S/C7H6O2.Mo/c1-5-3-2-4-6(5)7(8)9;/h2-4H,1H2,(H,8,9);. The van der Waals surface area contributed by atoms with Gasteiger partial charge in [-0.1, -0.05) is 18.7 Å². The number of allylic oxidation sites excluding steroid dienone is 3. The summed E-state index contributed by atoms with van der Waals surface area (Å²) in [6.45, 7) is 3.52. The Balaban J connectivity index is 0.000000810. The van der Waals surface area contributed by atoms with E-state index in [4.69, 9.17) is 5.11 Å². The molecule has 0 radical (unpaired) electrons. The molecule has 52 valence electrons. The van der Waals surface area contributed by atoms with Crippen molar-refractivity contribution in [2.24, 2.45) is 0 Å². The van der Waals surface area contributed by atoms with Crippen molar-refractivity contribution in [2.45, 2.75) is 0 Å². The second kappa shape index (κ2) is 3.52. The first kappa shape index (κ1) is 9.38. The number of hydrogen-bond donors (Lipinski definition) is 1. The maximum atomic E-state index is 10.2. The average Bonchev–Trinajstić information content (AvgIpc) is 2.13. The van der Waals surface area contributed by atoms with Gasteiger partial charge in [0.2, 0.25) is 0 Å². The molecule has 0 aromatic carbocycles. The van der Waals surface area contributed by atoms with Crippen molar-refractivity contribution < 1.29 is 31.0 Å². The second-order valence-corrected chi connectivity index (χ2v) is 1.77. The van der Waals surface area contributed by atoms with Gasteiger partial charge in [-0.25, -0.2) is 4.79 Å². The van der Waals surface area contributed by atoms with E-state index in [1.165, 1.54) is 6.08 Å². The largest absolute Gasteiger partial charge is 0.478 e. The van der Waals surface area contributed by atoms with Crippen LogP contribution < -0.4 is 0 Å². The van der Waals surface area contributed by atoms with Crippen molar-refractivity contribution in [2.75, 3.05) is 0 Å². The smallest absolute Gasteiger partial charge is 0.336 e. The molecule has 1 rings (SSSR count). The molecule has 0 unspecified atom stereocenters. The van der Waals surface area contributed by atoms with Gasteiger partial charge in [-0.15, -0.1) is 0 Å². The second-order valence-electron chi connectivity index (χ2n) is 1.77. The summed E-state index contributed by atoms with van der Waals surface area (Å²) in [6.07, 6.45) is 4.87. The van der Waals surface area contributed by atoms with Crippen LogP contribution in [0.3, 0.4) is 0 Å². The summed E-state index contributed by atoms with van der Waals surface area (Å²) in [4.78, 5) is 10.2. The summed E-state index contributed by atoms with van der Waals surface area (Å²) in [6, 6.07) is 0. The molecule has 0 aromatic heterocycles. The molecule has 3 heteroatoms. The van der Waals surface area contributed by atoms with Gasteiger partial charge in [0.1, 0.15) is 0 Å². The normalized spacial score (nSPS) is 14.4. The van der Waals surface area contributed by atoms with Crippen molar-refractivity contribution in [3.05, 3.63) is 36.0 Å². The van der Waals surface area contributed by atoms with Gasteiger partial charge in [0, 0.05) is 21.1 Å². The average molecular weight is 218 g/mol. The molecule has 1 N–H and O–H groups in total. The van der Waals surface area contributed by atoms with Crippen LogP contribution in [0.1, 0.15) is 0 Å². The Labute approximate surface area is 73.2 Å². The fourth-order valence-corrected chi connectivity index (χ4v) is 0.666. The van der Waals surface area contributed by atoms with Gasteiger partial charge in [0.25, 0.3) is 0 Å². The van der Waals surface area contributed by atoms with Gasteiger partial charge in [-0.2, -0.15) is 0 Å². The molecule has 1 aliphatic carbocycles. The maximum Gasteiger partial charge on any atom is 0.336 e. The number of aliphatic carboxylic acids is 1. The number of hydrogen-bond acceptors (Lipinski definition) is 1. The van der Waals surface area contributed by atoms with E-state index >= 15 is 0 Å². The topological polar surface area (TPSA) is 37.3 Å². The Morgan fingerprint density at radius 1 is 1.60 bits per heavy atom. The van der Waals surface area contributed by atoms with Crippen LogP contribution in [0.25, 0.3) is 0 Å². The zero-order valence-corrected chi connectivity index (χ0v) is 7.21. The summed E-state index contributed by atoms with van der Waals surface area (Å²) in [5.74, 6) is -0.912. The van der Waals surface area contributed by atoms with Gasteiger partial charge in [-0.3, -0.25) is 0 Å². The first-order valence-corrected chi connectivity index (χ1v) is 2.53. The van der Waals surface area contributed by atoms with Gasteiger partial charge in [0.15, 0.2) is 0 Å². The molecule has 0 aromatic rings. The zero-order valence-electron chi connectivity index (χ0n) is 5.20. The predicted octanol–water partition coefficient (Wildman–Crippen LogP) is 1.12. The third-order valence-electron chi connectivity index (χ3n) is 1.14. The summed E-state index contributed by atoms with van der Waals surface area (Å²) in [5.41, 5.74) is 0.859. The third-order valence-corrected chi connectivity index (χ3v) is 1.14. The predicted molar refractivity (Wildman–Crippen MR) is 34.0 cm³/mol. The van der Waals surface area contributed by atoms with E-state index in [-0.39, 0.29) is 26.6 Å². The van der Waals surface area contributed by atoms with Crippen LogP contribution in [0, 0.1) is 0 Å². The fourth-order valence-electron chi connectivity index (χ4n) is 0.666. The molecule has 0 heterocycles.